The first kappa shape index (κ1) is 18.8. The van der Waals surface area contributed by atoms with Gasteiger partial charge < -0.3 is 15.0 Å². The quantitative estimate of drug-likeness (QED) is 0.764. The van der Waals surface area contributed by atoms with E-state index in [1.54, 1.807) is 16.7 Å². The first-order valence-corrected chi connectivity index (χ1v) is 9.83. The number of hydrogen-bond acceptors (Lipinski definition) is 5. The molecule has 1 aromatic carbocycles. The second kappa shape index (κ2) is 7.70. The molecule has 2 amide bonds. The summed E-state index contributed by atoms with van der Waals surface area (Å²) < 4.78 is 5.16. The average Bonchev–Trinajstić information content (AvgIpc) is 3.11. The Kier molecular flexibility index (Phi) is 5.55. The molecule has 0 spiro atoms. The number of fused-ring (bicyclic) bond motifs is 1. The minimum absolute atomic E-state index is 0.0119. The Morgan fingerprint density at radius 3 is 2.92 bits per heavy atom. The number of aryl methyl sites for hydroxylation is 1. The van der Waals surface area contributed by atoms with E-state index in [0.29, 0.717) is 18.7 Å². The predicted molar refractivity (Wildman–Crippen MR) is 99.6 cm³/mol. The van der Waals surface area contributed by atoms with Gasteiger partial charge in [0.05, 0.1) is 4.87 Å². The van der Waals surface area contributed by atoms with Gasteiger partial charge in [-0.05, 0) is 37.8 Å². The number of benzene rings is 1. The molecule has 0 unspecified atom stereocenters. The molecular formula is C19H24N2O4S. The van der Waals surface area contributed by atoms with Crippen molar-refractivity contribution in [3.8, 4) is 0 Å². The van der Waals surface area contributed by atoms with Crippen LogP contribution >= 0.6 is 11.8 Å². The van der Waals surface area contributed by atoms with Gasteiger partial charge in [0.2, 0.25) is 5.91 Å². The number of carbonyl (C=O) groups is 3. The lowest BCUT2D eigenvalue weighted by Crippen LogP contribution is -2.47. The largest absolute Gasteiger partial charge is 0.454 e. The predicted octanol–water partition coefficient (Wildman–Crippen LogP) is 1.65. The molecular weight excluding hydrogens is 352 g/mol. The van der Waals surface area contributed by atoms with Crippen LogP contribution in [0.1, 0.15) is 30.9 Å². The van der Waals surface area contributed by atoms with E-state index in [4.69, 9.17) is 4.74 Å². The lowest BCUT2D eigenvalue weighted by Gasteiger charge is -2.29. The number of nitrogens with zero attached hydrogens (tertiary/aromatic N) is 1. The topological polar surface area (TPSA) is 75.7 Å². The number of thioether (sulfide) groups is 1. The number of hydrogen-bond donors (Lipinski definition) is 1. The van der Waals surface area contributed by atoms with Crippen LogP contribution in [0.4, 0.5) is 0 Å². The molecule has 26 heavy (non-hydrogen) atoms. The number of amides is 2. The fraction of sp³-hybridized carbons (Fsp3) is 0.526. The molecule has 2 heterocycles. The summed E-state index contributed by atoms with van der Waals surface area (Å²) >= 11 is 1.61. The van der Waals surface area contributed by atoms with Crippen molar-refractivity contribution >= 4 is 29.5 Å². The summed E-state index contributed by atoms with van der Waals surface area (Å²) in [6.45, 7) is 4.19. The first-order valence-electron chi connectivity index (χ1n) is 8.85. The minimum atomic E-state index is -0.584. The van der Waals surface area contributed by atoms with E-state index < -0.39 is 12.0 Å². The van der Waals surface area contributed by atoms with Crippen molar-refractivity contribution in [2.45, 2.75) is 44.0 Å². The number of nitrogens with one attached hydrogen (secondary N) is 1. The van der Waals surface area contributed by atoms with Gasteiger partial charge in [0, 0.05) is 18.7 Å². The van der Waals surface area contributed by atoms with Crippen molar-refractivity contribution < 1.29 is 19.1 Å². The highest BCUT2D eigenvalue weighted by Crippen LogP contribution is 2.47. The number of rotatable bonds is 6. The Labute approximate surface area is 157 Å². The third-order valence-electron chi connectivity index (χ3n) is 5.04. The molecule has 1 N–H and O–H groups in total. The molecule has 1 aromatic rings. The van der Waals surface area contributed by atoms with Gasteiger partial charge >= 0.3 is 5.97 Å². The molecule has 0 aliphatic carbocycles. The van der Waals surface area contributed by atoms with Crippen LogP contribution in [0.25, 0.3) is 0 Å². The van der Waals surface area contributed by atoms with Crippen LogP contribution < -0.4 is 5.32 Å². The van der Waals surface area contributed by atoms with Crippen molar-refractivity contribution in [1.29, 1.82) is 0 Å². The molecule has 0 radical (unpaired) electrons. The molecule has 2 aliphatic heterocycles. The van der Waals surface area contributed by atoms with Gasteiger partial charge in [-0.25, -0.2) is 4.79 Å². The van der Waals surface area contributed by atoms with Crippen LogP contribution in [0.5, 0.6) is 0 Å². The van der Waals surface area contributed by atoms with Gasteiger partial charge in [-0.1, -0.05) is 24.3 Å². The average molecular weight is 376 g/mol. The summed E-state index contributed by atoms with van der Waals surface area (Å²) in [5.74, 6) is -0.309. The monoisotopic (exact) mass is 376 g/mol. The van der Waals surface area contributed by atoms with Crippen LogP contribution in [0.2, 0.25) is 0 Å². The fourth-order valence-electron chi connectivity index (χ4n) is 3.51. The Morgan fingerprint density at radius 2 is 2.15 bits per heavy atom. The lowest BCUT2D eigenvalue weighted by atomic mass is 10.1. The summed E-state index contributed by atoms with van der Waals surface area (Å²) in [5.41, 5.74) is 2.37. The van der Waals surface area contributed by atoms with Crippen LogP contribution in [-0.4, -0.2) is 52.5 Å². The Bertz CT molecular complexity index is 723. The highest BCUT2D eigenvalue weighted by molar-refractivity contribution is 8.01. The third kappa shape index (κ3) is 3.87. The van der Waals surface area contributed by atoms with Gasteiger partial charge in [-0.3, -0.25) is 9.59 Å². The molecule has 2 aliphatic rings. The molecule has 2 atom stereocenters. The van der Waals surface area contributed by atoms with Crippen molar-refractivity contribution in [2.24, 2.45) is 0 Å². The second-order valence-corrected chi connectivity index (χ2v) is 8.40. The van der Waals surface area contributed by atoms with Crippen molar-refractivity contribution in [3.05, 3.63) is 35.4 Å². The summed E-state index contributed by atoms with van der Waals surface area (Å²) in [6, 6.07) is 7.43. The van der Waals surface area contributed by atoms with Crippen molar-refractivity contribution in [1.82, 2.24) is 10.2 Å². The molecule has 2 saturated heterocycles. The van der Waals surface area contributed by atoms with E-state index in [9.17, 15) is 14.4 Å². The van der Waals surface area contributed by atoms with Gasteiger partial charge in [-0.2, -0.15) is 0 Å². The molecule has 0 aromatic heterocycles. The van der Waals surface area contributed by atoms with Gasteiger partial charge in [0.15, 0.2) is 6.61 Å². The molecule has 3 rings (SSSR count). The molecule has 0 saturated carbocycles. The van der Waals surface area contributed by atoms with E-state index in [1.165, 1.54) is 11.1 Å². The van der Waals surface area contributed by atoms with Gasteiger partial charge in [0.1, 0.15) is 6.04 Å². The summed E-state index contributed by atoms with van der Waals surface area (Å²) in [4.78, 5) is 37.6. The minimum Gasteiger partial charge on any atom is -0.454 e. The highest BCUT2D eigenvalue weighted by atomic mass is 32.2. The zero-order valence-electron chi connectivity index (χ0n) is 15.1. The first-order chi connectivity index (χ1) is 12.4. The Morgan fingerprint density at radius 1 is 1.38 bits per heavy atom. The number of ether oxygens (including phenoxy) is 1. The summed E-state index contributed by atoms with van der Waals surface area (Å²) in [7, 11) is 0. The number of carbonyl (C=O) groups excluding carboxylic acids is 3. The van der Waals surface area contributed by atoms with Crippen LogP contribution in [0.15, 0.2) is 24.3 Å². The van der Waals surface area contributed by atoms with Crippen molar-refractivity contribution in [3.63, 3.8) is 0 Å². The van der Waals surface area contributed by atoms with E-state index >= 15 is 0 Å². The summed E-state index contributed by atoms with van der Waals surface area (Å²) in [6.07, 6.45) is 1.94. The van der Waals surface area contributed by atoms with Crippen LogP contribution in [0, 0.1) is 6.92 Å². The molecule has 6 nitrogen and oxygen atoms in total. The maximum atomic E-state index is 12.3. The molecule has 140 valence electrons. The van der Waals surface area contributed by atoms with E-state index in [1.807, 2.05) is 38.1 Å². The maximum absolute atomic E-state index is 12.3. The van der Waals surface area contributed by atoms with Crippen molar-refractivity contribution in [2.75, 3.05) is 18.9 Å². The molecule has 0 bridgehead atoms. The van der Waals surface area contributed by atoms with Gasteiger partial charge in [-0.15, -0.1) is 11.8 Å². The molecule has 7 heteroatoms. The lowest BCUT2D eigenvalue weighted by molar-refractivity contribution is -0.156. The second-order valence-electron chi connectivity index (χ2n) is 6.90. The zero-order chi connectivity index (χ0) is 18.7. The van der Waals surface area contributed by atoms with E-state index in [2.05, 4.69) is 5.32 Å². The van der Waals surface area contributed by atoms with E-state index in [-0.39, 0.29) is 23.3 Å². The number of esters is 1. The van der Waals surface area contributed by atoms with Crippen LogP contribution in [-0.2, 0) is 25.5 Å². The SMILES string of the molecule is Cc1ccccc1CCNC(=O)COC(=O)[C@@H]1CS[C@@]2(C)CCC(=O)N12. The maximum Gasteiger partial charge on any atom is 0.330 e. The fourth-order valence-corrected chi connectivity index (χ4v) is 4.92. The standard InChI is InChI=1S/C19H24N2O4S/c1-13-5-3-4-6-14(13)8-10-20-16(22)11-25-18(24)15-12-26-19(2)9-7-17(23)21(15)19/h3-6,15H,7-12H2,1-2H3,(H,20,22)/t15-,19-/m0/s1. The normalized spacial score (nSPS) is 24.5. The third-order valence-corrected chi connectivity index (χ3v) is 6.55. The Balaban J connectivity index is 1.42. The zero-order valence-corrected chi connectivity index (χ0v) is 15.9. The van der Waals surface area contributed by atoms with E-state index in [0.717, 1.165) is 12.8 Å². The van der Waals surface area contributed by atoms with Crippen LogP contribution in [0.3, 0.4) is 0 Å². The Hall–Kier alpha value is -2.02. The summed E-state index contributed by atoms with van der Waals surface area (Å²) in [5, 5.41) is 2.76. The highest BCUT2D eigenvalue weighted by Gasteiger charge is 2.53. The molecule has 2 fully saturated rings. The smallest absolute Gasteiger partial charge is 0.330 e. The van der Waals surface area contributed by atoms with Gasteiger partial charge in [0.25, 0.3) is 5.91 Å².